The first-order chi connectivity index (χ1) is 12.0. The zero-order valence-corrected chi connectivity index (χ0v) is 14.4. The van der Waals surface area contributed by atoms with Crippen LogP contribution in [0.3, 0.4) is 0 Å². The largest absolute Gasteiger partial charge is 0.493 e. The Labute approximate surface area is 146 Å². The number of ketones is 1. The van der Waals surface area contributed by atoms with Crippen LogP contribution in [0.5, 0.6) is 11.5 Å². The Balaban J connectivity index is 1.83. The highest BCUT2D eigenvalue weighted by Gasteiger charge is 2.62. The van der Waals surface area contributed by atoms with Gasteiger partial charge in [-0.1, -0.05) is 19.1 Å². The molecule has 1 heterocycles. The van der Waals surface area contributed by atoms with Gasteiger partial charge in [-0.3, -0.25) is 4.79 Å². The SMILES string of the molecule is C=CCC12C=C(OC)C(=O)C(C(c3ccc4c(c3)OCO4)C1C)C2O. The molecule has 5 atom stereocenters. The lowest BCUT2D eigenvalue weighted by Crippen LogP contribution is -2.42. The number of aliphatic hydroxyl groups is 1. The van der Waals surface area contributed by atoms with Crippen molar-refractivity contribution in [3.63, 3.8) is 0 Å². The van der Waals surface area contributed by atoms with Crippen LogP contribution in [0.4, 0.5) is 0 Å². The van der Waals surface area contributed by atoms with Crippen molar-refractivity contribution in [1.29, 1.82) is 0 Å². The van der Waals surface area contributed by atoms with E-state index >= 15 is 0 Å². The number of hydrogen-bond acceptors (Lipinski definition) is 5. The standard InChI is InChI=1S/C20H22O5/c1-4-7-20-9-15(23-3)18(21)17(19(20)22)16(11(20)2)12-5-6-13-14(8-12)25-10-24-13/h4-6,8-9,11,16-17,19,22H,1,7,10H2,2-3H3. The summed E-state index contributed by atoms with van der Waals surface area (Å²) in [5, 5.41) is 11.0. The molecular weight excluding hydrogens is 320 g/mol. The Bertz CT molecular complexity index is 767. The van der Waals surface area contributed by atoms with Crippen LogP contribution in [-0.4, -0.2) is 30.9 Å². The molecule has 4 rings (SSSR count). The number of methoxy groups -OCH3 is 1. The summed E-state index contributed by atoms with van der Waals surface area (Å²) in [6.45, 7) is 6.14. The minimum atomic E-state index is -0.762. The van der Waals surface area contributed by atoms with Crippen molar-refractivity contribution in [3.8, 4) is 11.5 Å². The number of aliphatic hydroxyl groups excluding tert-OH is 1. The third kappa shape index (κ3) is 2.08. The van der Waals surface area contributed by atoms with Gasteiger partial charge in [0.2, 0.25) is 12.6 Å². The Morgan fingerprint density at radius 3 is 2.84 bits per heavy atom. The fraction of sp³-hybridized carbons (Fsp3) is 0.450. The molecule has 1 fully saturated rings. The van der Waals surface area contributed by atoms with E-state index in [4.69, 9.17) is 14.2 Å². The zero-order valence-electron chi connectivity index (χ0n) is 14.4. The number of rotatable bonds is 4. The molecule has 0 radical (unpaired) electrons. The second-order valence-electron chi connectivity index (χ2n) is 7.08. The average molecular weight is 342 g/mol. The number of hydrogen-bond donors (Lipinski definition) is 1. The maximum absolute atomic E-state index is 12.9. The predicted octanol–water partition coefficient (Wildman–Crippen LogP) is 2.80. The molecule has 2 aliphatic carbocycles. The minimum absolute atomic E-state index is 0.0440. The Hall–Kier alpha value is -2.27. The van der Waals surface area contributed by atoms with Gasteiger partial charge in [-0.25, -0.2) is 0 Å². The summed E-state index contributed by atoms with van der Waals surface area (Å²) in [7, 11) is 1.50. The van der Waals surface area contributed by atoms with Gasteiger partial charge in [-0.05, 0) is 36.1 Å². The molecule has 3 aliphatic rings. The van der Waals surface area contributed by atoms with Crippen LogP contribution in [0.1, 0.15) is 24.8 Å². The van der Waals surface area contributed by atoms with Gasteiger partial charge in [0.05, 0.1) is 19.1 Å². The minimum Gasteiger partial charge on any atom is -0.493 e. The summed E-state index contributed by atoms with van der Waals surface area (Å²) in [6, 6.07) is 5.76. The molecule has 0 amide bonds. The maximum atomic E-state index is 12.9. The quantitative estimate of drug-likeness (QED) is 0.853. The fourth-order valence-electron chi connectivity index (χ4n) is 4.84. The van der Waals surface area contributed by atoms with Gasteiger partial charge >= 0.3 is 0 Å². The number of carbonyl (C=O) groups is 1. The van der Waals surface area contributed by atoms with Crippen LogP contribution in [0.25, 0.3) is 0 Å². The van der Waals surface area contributed by atoms with E-state index in [0.717, 1.165) is 5.56 Å². The molecule has 1 aromatic rings. The normalized spacial score (nSPS) is 35.5. The number of fused-ring (bicyclic) bond motifs is 3. The van der Waals surface area contributed by atoms with E-state index < -0.39 is 17.4 Å². The predicted molar refractivity (Wildman–Crippen MR) is 91.3 cm³/mol. The zero-order chi connectivity index (χ0) is 17.8. The van der Waals surface area contributed by atoms with Gasteiger partial charge in [0.25, 0.3) is 0 Å². The molecule has 5 heteroatoms. The van der Waals surface area contributed by atoms with Gasteiger partial charge in [0, 0.05) is 11.3 Å². The van der Waals surface area contributed by atoms with Crippen LogP contribution in [0.15, 0.2) is 42.7 Å². The lowest BCUT2D eigenvalue weighted by atomic mass is 9.70. The van der Waals surface area contributed by atoms with Crippen molar-refractivity contribution in [1.82, 2.24) is 0 Å². The number of Topliss-reactive ketones (excluding diaryl/α,β-unsaturated/α-hetero) is 1. The van der Waals surface area contributed by atoms with Gasteiger partial charge < -0.3 is 19.3 Å². The molecular formula is C20H22O5. The van der Waals surface area contributed by atoms with Crippen molar-refractivity contribution in [2.75, 3.05) is 13.9 Å². The van der Waals surface area contributed by atoms with E-state index in [-0.39, 0.29) is 24.4 Å². The highest BCUT2D eigenvalue weighted by molar-refractivity contribution is 5.98. The van der Waals surface area contributed by atoms with E-state index in [2.05, 4.69) is 13.5 Å². The van der Waals surface area contributed by atoms with Crippen LogP contribution in [0.2, 0.25) is 0 Å². The Morgan fingerprint density at radius 1 is 1.36 bits per heavy atom. The molecule has 25 heavy (non-hydrogen) atoms. The van der Waals surface area contributed by atoms with Gasteiger partial charge in [0.15, 0.2) is 17.3 Å². The second-order valence-corrected chi connectivity index (χ2v) is 7.08. The van der Waals surface area contributed by atoms with Crippen LogP contribution < -0.4 is 9.47 Å². The van der Waals surface area contributed by atoms with E-state index in [1.165, 1.54) is 7.11 Å². The number of ether oxygens (including phenoxy) is 3. The van der Waals surface area contributed by atoms with Crippen molar-refractivity contribution in [3.05, 3.63) is 48.3 Å². The monoisotopic (exact) mass is 342 g/mol. The highest BCUT2D eigenvalue weighted by Crippen LogP contribution is 2.61. The van der Waals surface area contributed by atoms with Crippen LogP contribution in [-0.2, 0) is 9.53 Å². The van der Waals surface area contributed by atoms with Gasteiger partial charge in [0.1, 0.15) is 0 Å². The first-order valence-corrected chi connectivity index (χ1v) is 8.53. The van der Waals surface area contributed by atoms with Gasteiger partial charge in [-0.15, -0.1) is 6.58 Å². The van der Waals surface area contributed by atoms with Crippen molar-refractivity contribution >= 4 is 5.78 Å². The molecule has 1 saturated carbocycles. The maximum Gasteiger partial charge on any atom is 0.231 e. The molecule has 1 aliphatic heterocycles. The summed E-state index contributed by atoms with van der Waals surface area (Å²) < 4.78 is 16.2. The Kier molecular flexibility index (Phi) is 3.65. The molecule has 132 valence electrons. The van der Waals surface area contributed by atoms with Crippen molar-refractivity contribution < 1.29 is 24.1 Å². The first-order valence-electron chi connectivity index (χ1n) is 8.53. The van der Waals surface area contributed by atoms with E-state index in [9.17, 15) is 9.90 Å². The summed E-state index contributed by atoms with van der Waals surface area (Å²) in [5.74, 6) is 0.985. The van der Waals surface area contributed by atoms with Crippen LogP contribution >= 0.6 is 0 Å². The molecule has 1 N–H and O–H groups in total. The topological polar surface area (TPSA) is 65.0 Å². The van der Waals surface area contributed by atoms with Crippen LogP contribution in [0, 0.1) is 17.3 Å². The summed E-state index contributed by atoms with van der Waals surface area (Å²) in [4.78, 5) is 12.9. The molecule has 0 spiro atoms. The molecule has 5 unspecified atom stereocenters. The smallest absolute Gasteiger partial charge is 0.231 e. The summed E-state index contributed by atoms with van der Waals surface area (Å²) in [6.07, 6.45) is 3.45. The number of allylic oxidation sites excluding steroid dienone is 2. The molecule has 2 bridgehead atoms. The van der Waals surface area contributed by atoms with E-state index in [1.807, 2.05) is 24.3 Å². The number of benzene rings is 1. The van der Waals surface area contributed by atoms with Crippen molar-refractivity contribution in [2.45, 2.75) is 25.4 Å². The first kappa shape index (κ1) is 16.2. The lowest BCUT2D eigenvalue weighted by molar-refractivity contribution is -0.128. The summed E-state index contributed by atoms with van der Waals surface area (Å²) >= 11 is 0. The fourth-order valence-corrected chi connectivity index (χ4v) is 4.84. The molecule has 5 nitrogen and oxygen atoms in total. The van der Waals surface area contributed by atoms with Crippen molar-refractivity contribution in [2.24, 2.45) is 17.3 Å². The second kappa shape index (κ2) is 5.63. The third-order valence-corrected chi connectivity index (χ3v) is 6.11. The molecule has 0 saturated heterocycles. The average Bonchev–Trinajstić information content (AvgIpc) is 3.13. The third-order valence-electron chi connectivity index (χ3n) is 6.11. The lowest BCUT2D eigenvalue weighted by Gasteiger charge is -2.36. The summed E-state index contributed by atoms with van der Waals surface area (Å²) in [5.41, 5.74) is 0.429. The molecule has 1 aromatic carbocycles. The Morgan fingerprint density at radius 2 is 2.12 bits per heavy atom. The number of carbonyl (C=O) groups excluding carboxylic acids is 1. The highest BCUT2D eigenvalue weighted by atomic mass is 16.7. The molecule has 0 aromatic heterocycles. The van der Waals surface area contributed by atoms with Gasteiger partial charge in [-0.2, -0.15) is 0 Å². The van der Waals surface area contributed by atoms with E-state index in [0.29, 0.717) is 23.7 Å². The van der Waals surface area contributed by atoms with E-state index in [1.54, 1.807) is 6.08 Å².